The summed E-state index contributed by atoms with van der Waals surface area (Å²) in [6.45, 7) is 0.533. The van der Waals surface area contributed by atoms with Crippen molar-refractivity contribution in [3.8, 4) is 0 Å². The van der Waals surface area contributed by atoms with Gasteiger partial charge in [0.2, 0.25) is 0 Å². The Hall–Kier alpha value is -2.11. The smallest absolute Gasteiger partial charge is 0.319 e. The Balaban J connectivity index is 1.88. The summed E-state index contributed by atoms with van der Waals surface area (Å²) in [7, 11) is 4.01. The van der Waals surface area contributed by atoms with Crippen LogP contribution in [-0.4, -0.2) is 42.6 Å². The molecule has 1 aromatic heterocycles. The number of carbonyl (C=O) groups is 1. The second kappa shape index (κ2) is 8.50. The SMILES string of the molecule is CN(C)C(CNC(=O)Nc1cccnc1Cl)Cc1ccccc1. The summed E-state index contributed by atoms with van der Waals surface area (Å²) in [5.74, 6) is 0. The summed E-state index contributed by atoms with van der Waals surface area (Å²) in [4.78, 5) is 18.0. The first-order valence-corrected chi connectivity index (χ1v) is 7.80. The highest BCUT2D eigenvalue weighted by Gasteiger charge is 2.14. The van der Waals surface area contributed by atoms with E-state index in [0.29, 0.717) is 12.2 Å². The molecule has 0 radical (unpaired) electrons. The van der Waals surface area contributed by atoms with Crippen LogP contribution in [0, 0.1) is 0 Å². The highest BCUT2D eigenvalue weighted by atomic mass is 35.5. The maximum absolute atomic E-state index is 12.0. The minimum atomic E-state index is -0.292. The van der Waals surface area contributed by atoms with Crippen molar-refractivity contribution in [3.63, 3.8) is 0 Å². The number of nitrogens with zero attached hydrogens (tertiary/aromatic N) is 2. The summed E-state index contributed by atoms with van der Waals surface area (Å²) >= 11 is 5.93. The maximum atomic E-state index is 12.0. The van der Waals surface area contributed by atoms with Crippen LogP contribution in [0.4, 0.5) is 10.5 Å². The van der Waals surface area contributed by atoms with Gasteiger partial charge in [0, 0.05) is 18.8 Å². The number of halogens is 1. The largest absolute Gasteiger partial charge is 0.336 e. The van der Waals surface area contributed by atoms with Gasteiger partial charge in [0.05, 0.1) is 5.69 Å². The number of hydrogen-bond acceptors (Lipinski definition) is 3. The van der Waals surface area contributed by atoms with Crippen molar-refractivity contribution in [1.29, 1.82) is 0 Å². The van der Waals surface area contributed by atoms with Crippen LogP contribution in [0.5, 0.6) is 0 Å². The van der Waals surface area contributed by atoms with Gasteiger partial charge < -0.3 is 15.5 Å². The number of aromatic nitrogens is 1. The van der Waals surface area contributed by atoms with E-state index in [2.05, 4.69) is 32.7 Å². The molecule has 0 aliphatic rings. The fourth-order valence-corrected chi connectivity index (χ4v) is 2.35. The maximum Gasteiger partial charge on any atom is 0.319 e. The molecule has 122 valence electrons. The number of benzene rings is 1. The quantitative estimate of drug-likeness (QED) is 0.799. The van der Waals surface area contributed by atoms with Gasteiger partial charge >= 0.3 is 6.03 Å². The predicted octanol–water partition coefficient (Wildman–Crippen LogP) is 3.03. The molecule has 1 atom stereocenters. The normalized spacial score (nSPS) is 12.0. The van der Waals surface area contributed by atoms with Crippen LogP contribution >= 0.6 is 11.6 Å². The molecular weight excluding hydrogens is 312 g/mol. The van der Waals surface area contributed by atoms with Crippen molar-refractivity contribution in [3.05, 3.63) is 59.4 Å². The number of hydrogen-bond donors (Lipinski definition) is 2. The number of carbonyl (C=O) groups excluding carboxylic acids is 1. The van der Waals surface area contributed by atoms with Crippen LogP contribution in [0.3, 0.4) is 0 Å². The zero-order valence-electron chi connectivity index (χ0n) is 13.3. The Kier molecular flexibility index (Phi) is 6.38. The molecule has 0 saturated heterocycles. The fourth-order valence-electron chi connectivity index (χ4n) is 2.18. The number of rotatable bonds is 6. The van der Waals surface area contributed by atoms with Gasteiger partial charge in [-0.25, -0.2) is 9.78 Å². The summed E-state index contributed by atoms with van der Waals surface area (Å²) in [5.41, 5.74) is 1.74. The molecule has 2 amide bonds. The van der Waals surface area contributed by atoms with E-state index >= 15 is 0 Å². The van der Waals surface area contributed by atoms with E-state index < -0.39 is 0 Å². The highest BCUT2D eigenvalue weighted by molar-refractivity contribution is 6.32. The molecule has 2 aromatic rings. The third-order valence-electron chi connectivity index (χ3n) is 3.55. The summed E-state index contributed by atoms with van der Waals surface area (Å²) in [6, 6.07) is 13.6. The highest BCUT2D eigenvalue weighted by Crippen LogP contribution is 2.17. The van der Waals surface area contributed by atoms with Gasteiger partial charge in [-0.05, 0) is 38.2 Å². The predicted molar refractivity (Wildman–Crippen MR) is 93.9 cm³/mol. The van der Waals surface area contributed by atoms with Gasteiger partial charge in [-0.15, -0.1) is 0 Å². The van der Waals surface area contributed by atoms with Crippen molar-refractivity contribution >= 4 is 23.3 Å². The van der Waals surface area contributed by atoms with Crippen LogP contribution in [-0.2, 0) is 6.42 Å². The standard InChI is InChI=1S/C17H21ClN4O/c1-22(2)14(11-13-7-4-3-5-8-13)12-20-17(23)21-15-9-6-10-19-16(15)18/h3-10,14H,11-12H2,1-2H3,(H2,20,21,23). The molecule has 0 spiro atoms. The Morgan fingerprint density at radius 1 is 1.22 bits per heavy atom. The molecule has 2 N–H and O–H groups in total. The van der Waals surface area contributed by atoms with E-state index in [1.807, 2.05) is 32.3 Å². The number of nitrogens with one attached hydrogen (secondary N) is 2. The molecule has 1 unspecified atom stereocenters. The van der Waals surface area contributed by atoms with Gasteiger partial charge in [0.15, 0.2) is 5.15 Å². The summed E-state index contributed by atoms with van der Waals surface area (Å²) in [6.07, 6.45) is 2.44. The molecular formula is C17H21ClN4O. The molecule has 0 aliphatic heterocycles. The molecule has 5 nitrogen and oxygen atoms in total. The lowest BCUT2D eigenvalue weighted by molar-refractivity contribution is 0.242. The lowest BCUT2D eigenvalue weighted by Gasteiger charge is -2.25. The topological polar surface area (TPSA) is 57.3 Å². The molecule has 0 bridgehead atoms. The summed E-state index contributed by atoms with van der Waals surface area (Å²) < 4.78 is 0. The average Bonchev–Trinajstić information content (AvgIpc) is 2.54. The van der Waals surface area contributed by atoms with Crippen LogP contribution in [0.15, 0.2) is 48.7 Å². The van der Waals surface area contributed by atoms with Crippen molar-refractivity contribution in [2.75, 3.05) is 26.0 Å². The van der Waals surface area contributed by atoms with Crippen molar-refractivity contribution < 1.29 is 4.79 Å². The van der Waals surface area contributed by atoms with E-state index in [9.17, 15) is 4.79 Å². The van der Waals surface area contributed by atoms with E-state index in [1.165, 1.54) is 5.56 Å². The van der Waals surface area contributed by atoms with Crippen LogP contribution in [0.2, 0.25) is 5.15 Å². The fraction of sp³-hybridized carbons (Fsp3) is 0.294. The minimum absolute atomic E-state index is 0.201. The minimum Gasteiger partial charge on any atom is -0.336 e. The van der Waals surface area contributed by atoms with Crippen LogP contribution in [0.25, 0.3) is 0 Å². The van der Waals surface area contributed by atoms with Gasteiger partial charge in [-0.3, -0.25) is 0 Å². The Labute approximate surface area is 141 Å². The van der Waals surface area contributed by atoms with Crippen molar-refractivity contribution in [2.24, 2.45) is 0 Å². The van der Waals surface area contributed by atoms with Crippen LogP contribution in [0.1, 0.15) is 5.56 Å². The lowest BCUT2D eigenvalue weighted by Crippen LogP contribution is -2.43. The van der Waals surface area contributed by atoms with Gasteiger partial charge in [0.25, 0.3) is 0 Å². The first-order chi connectivity index (χ1) is 11.1. The van der Waals surface area contributed by atoms with Crippen molar-refractivity contribution in [1.82, 2.24) is 15.2 Å². The third kappa shape index (κ3) is 5.54. The first-order valence-electron chi connectivity index (χ1n) is 7.42. The molecule has 0 fully saturated rings. The number of amides is 2. The van der Waals surface area contributed by atoms with Gasteiger partial charge in [0.1, 0.15) is 0 Å². The first kappa shape index (κ1) is 17.2. The van der Waals surface area contributed by atoms with Gasteiger partial charge in [-0.1, -0.05) is 41.9 Å². The molecule has 0 aliphatic carbocycles. The number of likely N-dealkylation sites (N-methyl/N-ethyl adjacent to an activating group) is 1. The van der Waals surface area contributed by atoms with E-state index in [-0.39, 0.29) is 17.2 Å². The molecule has 2 rings (SSSR count). The Bertz CT molecular complexity index is 634. The van der Waals surface area contributed by atoms with E-state index in [4.69, 9.17) is 11.6 Å². The van der Waals surface area contributed by atoms with Gasteiger partial charge in [-0.2, -0.15) is 0 Å². The van der Waals surface area contributed by atoms with Crippen molar-refractivity contribution in [2.45, 2.75) is 12.5 Å². The second-order valence-corrected chi connectivity index (χ2v) is 5.84. The zero-order valence-corrected chi connectivity index (χ0v) is 14.0. The molecule has 1 aromatic carbocycles. The van der Waals surface area contributed by atoms with Crippen LogP contribution < -0.4 is 10.6 Å². The molecule has 1 heterocycles. The number of anilines is 1. The summed E-state index contributed by atoms with van der Waals surface area (Å²) in [5, 5.41) is 5.86. The third-order valence-corrected chi connectivity index (χ3v) is 3.85. The van der Waals surface area contributed by atoms with E-state index in [1.54, 1.807) is 18.3 Å². The molecule has 6 heteroatoms. The average molecular weight is 333 g/mol. The van der Waals surface area contributed by atoms with E-state index in [0.717, 1.165) is 6.42 Å². The second-order valence-electron chi connectivity index (χ2n) is 5.48. The lowest BCUT2D eigenvalue weighted by atomic mass is 10.1. The Morgan fingerprint density at radius 2 is 1.96 bits per heavy atom. The number of pyridine rings is 1. The molecule has 0 saturated carbocycles. The monoisotopic (exact) mass is 332 g/mol. The molecule has 23 heavy (non-hydrogen) atoms. The number of urea groups is 1. The zero-order chi connectivity index (χ0) is 16.7. The Morgan fingerprint density at radius 3 is 2.61 bits per heavy atom.